The standard InChI is InChI=1S/C58H51NO12/c1-3-39-29-31-40(32-30-39)35-46-33-34-47(59-58(64)65-37-41-19-9-4-10-20-41)36-48(46)67-57-52(70-56(63)45-27-17-8-18-28-45)51(69-55(62)44-25-15-7-16-26-44)50(68-54(61)43-23-13-6-14-24-43)49(71-57)38(2)66-53(60)42-21-11-5-12-22-42/h4-34,36,38,49-52,57H,3,35,37H2,1-2H3,(H,59,64)/t38-,49+,50+,51-,52+,57+/m0/s1. The summed E-state index contributed by atoms with van der Waals surface area (Å²) in [6, 6.07) is 54.9. The molecule has 0 radical (unpaired) electrons. The number of hydrogen-bond donors (Lipinski definition) is 1. The summed E-state index contributed by atoms with van der Waals surface area (Å²) in [5.74, 6) is -3.11. The molecule has 1 aliphatic heterocycles. The van der Waals surface area contributed by atoms with E-state index in [2.05, 4.69) is 12.2 Å². The van der Waals surface area contributed by atoms with Gasteiger partial charge in [0, 0.05) is 18.2 Å². The van der Waals surface area contributed by atoms with E-state index in [9.17, 15) is 24.0 Å². The lowest BCUT2D eigenvalue weighted by atomic mass is 9.94. The van der Waals surface area contributed by atoms with Crippen LogP contribution in [0.1, 0.15) is 77.5 Å². The summed E-state index contributed by atoms with van der Waals surface area (Å²) in [6.07, 6.45) is -8.89. The molecule has 0 aliphatic carbocycles. The Bertz CT molecular complexity index is 2880. The van der Waals surface area contributed by atoms with E-state index < -0.39 is 66.8 Å². The number of ether oxygens (including phenoxy) is 7. The monoisotopic (exact) mass is 953 g/mol. The van der Waals surface area contributed by atoms with Crippen molar-refractivity contribution < 1.29 is 57.1 Å². The average molecular weight is 954 g/mol. The molecule has 0 saturated carbocycles. The smallest absolute Gasteiger partial charge is 0.411 e. The lowest BCUT2D eigenvalue weighted by Gasteiger charge is -2.45. The molecule has 0 bridgehead atoms. The van der Waals surface area contributed by atoms with Crippen LogP contribution in [-0.4, -0.2) is 66.8 Å². The van der Waals surface area contributed by atoms with Gasteiger partial charge in [0.2, 0.25) is 12.4 Å². The zero-order valence-corrected chi connectivity index (χ0v) is 39.0. The summed E-state index contributed by atoms with van der Waals surface area (Å²) < 4.78 is 44.1. The number of amides is 1. The van der Waals surface area contributed by atoms with Crippen LogP contribution in [0.3, 0.4) is 0 Å². The van der Waals surface area contributed by atoms with Crippen LogP contribution in [-0.2, 0) is 47.9 Å². The Labute approximate surface area is 411 Å². The maximum atomic E-state index is 14.3. The van der Waals surface area contributed by atoms with Crippen molar-refractivity contribution in [1.29, 1.82) is 0 Å². The van der Waals surface area contributed by atoms with Gasteiger partial charge in [-0.15, -0.1) is 0 Å². The van der Waals surface area contributed by atoms with Gasteiger partial charge in [-0.1, -0.05) is 140 Å². The van der Waals surface area contributed by atoms with E-state index >= 15 is 0 Å². The molecule has 13 heteroatoms. The van der Waals surface area contributed by atoms with Crippen molar-refractivity contribution in [2.75, 3.05) is 5.32 Å². The highest BCUT2D eigenvalue weighted by molar-refractivity contribution is 5.92. The van der Waals surface area contributed by atoms with Crippen molar-refractivity contribution >= 4 is 35.7 Å². The second kappa shape index (κ2) is 23.6. The van der Waals surface area contributed by atoms with Gasteiger partial charge in [-0.2, -0.15) is 0 Å². The number of hydrogen-bond acceptors (Lipinski definition) is 12. The van der Waals surface area contributed by atoms with Gasteiger partial charge in [0.1, 0.15) is 24.6 Å². The molecule has 0 aromatic heterocycles. The minimum atomic E-state index is -1.68. The van der Waals surface area contributed by atoms with Crippen LogP contribution in [0.5, 0.6) is 5.75 Å². The van der Waals surface area contributed by atoms with Gasteiger partial charge in [0.05, 0.1) is 22.3 Å². The Morgan fingerprint density at radius 2 is 0.986 bits per heavy atom. The molecule has 1 heterocycles. The van der Waals surface area contributed by atoms with Gasteiger partial charge < -0.3 is 33.2 Å². The lowest BCUT2D eigenvalue weighted by molar-refractivity contribution is -0.284. The van der Waals surface area contributed by atoms with E-state index in [0.29, 0.717) is 12.0 Å². The first kappa shape index (κ1) is 48.9. The van der Waals surface area contributed by atoms with Crippen molar-refractivity contribution in [3.8, 4) is 5.75 Å². The van der Waals surface area contributed by atoms with Crippen LogP contribution in [0.25, 0.3) is 0 Å². The second-order valence-electron chi connectivity index (χ2n) is 16.6. The van der Waals surface area contributed by atoms with E-state index in [1.165, 1.54) is 19.1 Å². The van der Waals surface area contributed by atoms with E-state index in [1.807, 2.05) is 54.6 Å². The number of esters is 4. The fourth-order valence-electron chi connectivity index (χ4n) is 7.88. The molecular weight excluding hydrogens is 903 g/mol. The number of aryl methyl sites for hydroxylation is 1. The third-order valence-corrected chi connectivity index (χ3v) is 11.6. The molecule has 1 N–H and O–H groups in total. The van der Waals surface area contributed by atoms with Crippen LogP contribution >= 0.6 is 0 Å². The number of carbonyl (C=O) groups excluding carboxylic acids is 5. The fourth-order valence-corrected chi connectivity index (χ4v) is 7.88. The Hall–Kier alpha value is -8.55. The first-order valence-electron chi connectivity index (χ1n) is 23.2. The SMILES string of the molecule is CCc1ccc(Cc2ccc(NC(=O)OCc3ccccc3)cc2O[C@@H]2O[C@H]([C@H](C)OC(=O)c3ccccc3)[C@@H](OC(=O)c3ccccc3)[C@H](OC(=O)c3ccccc3)[C@H]2OC(=O)c2ccccc2)cc1. The molecule has 1 saturated heterocycles. The molecule has 1 amide bonds. The number of carbonyl (C=O) groups is 5. The van der Waals surface area contributed by atoms with Crippen LogP contribution < -0.4 is 10.1 Å². The molecule has 7 aromatic carbocycles. The average Bonchev–Trinajstić information content (AvgIpc) is 3.41. The zero-order chi connectivity index (χ0) is 49.5. The molecule has 6 atom stereocenters. The molecule has 8 rings (SSSR count). The van der Waals surface area contributed by atoms with Crippen LogP contribution in [0, 0.1) is 0 Å². The Balaban J connectivity index is 1.23. The third kappa shape index (κ3) is 13.0. The zero-order valence-electron chi connectivity index (χ0n) is 39.0. The third-order valence-electron chi connectivity index (χ3n) is 11.6. The topological polar surface area (TPSA) is 162 Å². The van der Waals surface area contributed by atoms with Crippen molar-refractivity contribution in [3.05, 3.63) is 239 Å². The van der Waals surface area contributed by atoms with Crippen LogP contribution in [0.15, 0.2) is 194 Å². The van der Waals surface area contributed by atoms with Gasteiger partial charge in [-0.3, -0.25) is 5.32 Å². The summed E-state index contributed by atoms with van der Waals surface area (Å²) in [6.45, 7) is 3.62. The summed E-state index contributed by atoms with van der Waals surface area (Å²) >= 11 is 0. The molecule has 0 unspecified atom stereocenters. The summed E-state index contributed by atoms with van der Waals surface area (Å²) in [4.78, 5) is 69.7. The van der Waals surface area contributed by atoms with Crippen LogP contribution in [0.2, 0.25) is 0 Å². The molecule has 1 fully saturated rings. The molecule has 13 nitrogen and oxygen atoms in total. The highest BCUT2D eigenvalue weighted by Crippen LogP contribution is 2.36. The maximum absolute atomic E-state index is 14.3. The minimum Gasteiger partial charge on any atom is -0.460 e. The van der Waals surface area contributed by atoms with Crippen molar-refractivity contribution in [3.63, 3.8) is 0 Å². The van der Waals surface area contributed by atoms with Gasteiger partial charge in [-0.25, -0.2) is 24.0 Å². The van der Waals surface area contributed by atoms with Crippen molar-refractivity contribution in [2.24, 2.45) is 0 Å². The number of nitrogens with one attached hydrogen (secondary N) is 1. The minimum absolute atomic E-state index is 0.0137. The van der Waals surface area contributed by atoms with E-state index in [4.69, 9.17) is 33.2 Å². The van der Waals surface area contributed by atoms with E-state index in [-0.39, 0.29) is 40.3 Å². The molecule has 0 spiro atoms. The highest BCUT2D eigenvalue weighted by Gasteiger charge is 2.56. The van der Waals surface area contributed by atoms with Gasteiger partial charge in [0.25, 0.3) is 0 Å². The maximum Gasteiger partial charge on any atom is 0.411 e. The number of anilines is 1. The Morgan fingerprint density at radius 3 is 1.51 bits per heavy atom. The van der Waals surface area contributed by atoms with E-state index in [0.717, 1.165) is 23.1 Å². The first-order chi connectivity index (χ1) is 34.6. The highest BCUT2D eigenvalue weighted by atomic mass is 16.7. The summed E-state index contributed by atoms with van der Waals surface area (Å²) in [5.41, 5.74) is 4.39. The molecule has 7 aromatic rings. The Morgan fingerprint density at radius 1 is 0.521 bits per heavy atom. The lowest BCUT2D eigenvalue weighted by Crippen LogP contribution is -2.65. The normalized spacial score (nSPS) is 17.6. The van der Waals surface area contributed by atoms with Crippen LogP contribution in [0.4, 0.5) is 10.5 Å². The predicted octanol–water partition coefficient (Wildman–Crippen LogP) is 10.6. The number of benzene rings is 7. The summed E-state index contributed by atoms with van der Waals surface area (Å²) in [5, 5.41) is 2.77. The Kier molecular flexibility index (Phi) is 16.3. The first-order valence-corrected chi connectivity index (χ1v) is 23.2. The molecule has 360 valence electrons. The number of rotatable bonds is 17. The van der Waals surface area contributed by atoms with Gasteiger partial charge in [0.15, 0.2) is 12.2 Å². The quantitative estimate of drug-likeness (QED) is 0.0680. The predicted molar refractivity (Wildman–Crippen MR) is 263 cm³/mol. The summed E-state index contributed by atoms with van der Waals surface area (Å²) in [7, 11) is 0. The fraction of sp³-hybridized carbons (Fsp3) is 0.190. The van der Waals surface area contributed by atoms with Gasteiger partial charge >= 0.3 is 30.0 Å². The second-order valence-corrected chi connectivity index (χ2v) is 16.6. The molecular formula is C58H51NO12. The van der Waals surface area contributed by atoms with Gasteiger partial charge in [-0.05, 0) is 90.2 Å². The van der Waals surface area contributed by atoms with E-state index in [1.54, 1.807) is 127 Å². The van der Waals surface area contributed by atoms with Crippen molar-refractivity contribution in [2.45, 2.75) is 70.1 Å². The molecule has 71 heavy (non-hydrogen) atoms. The largest absolute Gasteiger partial charge is 0.460 e. The molecule has 1 aliphatic rings. The van der Waals surface area contributed by atoms with Crippen molar-refractivity contribution in [1.82, 2.24) is 0 Å².